The Morgan fingerprint density at radius 3 is 2.49 bits per heavy atom. The minimum Gasteiger partial charge on any atom is -0.497 e. The van der Waals surface area contributed by atoms with Gasteiger partial charge in [0.05, 0.1) is 43.7 Å². The molecule has 5 rings (SSSR count). The van der Waals surface area contributed by atoms with E-state index in [4.69, 9.17) is 18.9 Å². The Kier molecular flexibility index (Phi) is 7.26. The second-order valence-electron chi connectivity index (χ2n) is 8.81. The van der Waals surface area contributed by atoms with Gasteiger partial charge in [0.1, 0.15) is 23.3 Å². The second kappa shape index (κ2) is 10.8. The summed E-state index contributed by atoms with van der Waals surface area (Å²) >= 11 is 1.25. The number of methoxy groups -OCH3 is 3. The molecule has 0 fully saturated rings. The zero-order valence-electron chi connectivity index (χ0n) is 22.3. The molecule has 0 aliphatic carbocycles. The van der Waals surface area contributed by atoms with Crippen molar-refractivity contribution in [3.05, 3.63) is 96.7 Å². The van der Waals surface area contributed by atoms with Gasteiger partial charge in [0.15, 0.2) is 4.80 Å². The van der Waals surface area contributed by atoms with E-state index < -0.39 is 12.0 Å². The van der Waals surface area contributed by atoms with Gasteiger partial charge in [-0.25, -0.2) is 9.79 Å². The third-order valence-electron chi connectivity index (χ3n) is 6.67. The van der Waals surface area contributed by atoms with Crippen LogP contribution in [-0.2, 0) is 9.53 Å². The number of hydrogen-bond acceptors (Lipinski definition) is 8. The van der Waals surface area contributed by atoms with E-state index in [0.717, 1.165) is 16.3 Å². The third-order valence-corrected chi connectivity index (χ3v) is 7.65. The highest BCUT2D eigenvalue weighted by molar-refractivity contribution is 7.07. The second-order valence-corrected chi connectivity index (χ2v) is 9.82. The number of carbonyl (C=O) groups is 1. The summed E-state index contributed by atoms with van der Waals surface area (Å²) in [7, 11) is 4.75. The van der Waals surface area contributed by atoms with Gasteiger partial charge in [-0.15, -0.1) is 0 Å². The van der Waals surface area contributed by atoms with Crippen molar-refractivity contribution >= 4 is 34.2 Å². The molecule has 0 spiro atoms. The number of rotatable bonds is 7. The first-order chi connectivity index (χ1) is 18.9. The Labute approximate surface area is 229 Å². The van der Waals surface area contributed by atoms with Crippen LogP contribution in [0.1, 0.15) is 31.0 Å². The molecule has 9 heteroatoms. The van der Waals surface area contributed by atoms with Crippen LogP contribution >= 0.6 is 11.3 Å². The quantitative estimate of drug-likeness (QED) is 0.327. The van der Waals surface area contributed by atoms with Crippen LogP contribution in [0.5, 0.6) is 17.2 Å². The van der Waals surface area contributed by atoms with Gasteiger partial charge in [0.25, 0.3) is 5.56 Å². The van der Waals surface area contributed by atoms with Crippen molar-refractivity contribution in [3.8, 4) is 17.2 Å². The number of para-hydroxylation sites is 1. The first-order valence-electron chi connectivity index (χ1n) is 12.4. The number of carbonyl (C=O) groups excluding carboxylic acids is 1. The first kappa shape index (κ1) is 26.2. The molecule has 1 atom stereocenters. The molecule has 2 heterocycles. The van der Waals surface area contributed by atoms with Crippen LogP contribution in [-0.4, -0.2) is 38.5 Å². The van der Waals surface area contributed by atoms with Crippen LogP contribution in [0.4, 0.5) is 0 Å². The van der Waals surface area contributed by atoms with Gasteiger partial charge in [0, 0.05) is 11.1 Å². The van der Waals surface area contributed by atoms with Crippen LogP contribution in [0, 0.1) is 0 Å². The number of ether oxygens (including phenoxy) is 4. The molecule has 0 saturated heterocycles. The minimum absolute atomic E-state index is 0.182. The number of fused-ring (bicyclic) bond motifs is 2. The van der Waals surface area contributed by atoms with Crippen molar-refractivity contribution in [1.82, 2.24) is 4.57 Å². The van der Waals surface area contributed by atoms with E-state index in [1.807, 2.05) is 54.6 Å². The predicted octanol–water partition coefficient (Wildman–Crippen LogP) is 3.98. The standard InChI is InChI=1S/C30H28N2O6S/c1-6-38-29(34)25-17(2)31-30-32(28(33)24(39-30)15-19-9-7-8-10-22(19)36-4)27(25)26-21-16-20(35-3)13-11-18(21)12-14-23(26)37-5/h7-16,27H,6H2,1-5H3/b24-15-. The summed E-state index contributed by atoms with van der Waals surface area (Å²) in [6.07, 6.45) is 1.78. The molecule has 200 valence electrons. The lowest BCUT2D eigenvalue weighted by atomic mass is 9.90. The Morgan fingerprint density at radius 2 is 1.77 bits per heavy atom. The number of nitrogens with zero attached hydrogens (tertiary/aromatic N) is 2. The third kappa shape index (κ3) is 4.59. The number of thiazole rings is 1. The number of hydrogen-bond donors (Lipinski definition) is 0. The molecule has 8 nitrogen and oxygen atoms in total. The molecule has 0 saturated carbocycles. The van der Waals surface area contributed by atoms with E-state index in [0.29, 0.717) is 37.8 Å². The van der Waals surface area contributed by atoms with Crippen molar-refractivity contribution < 1.29 is 23.7 Å². The highest BCUT2D eigenvalue weighted by Gasteiger charge is 2.36. The minimum atomic E-state index is -0.842. The van der Waals surface area contributed by atoms with E-state index >= 15 is 0 Å². The van der Waals surface area contributed by atoms with Crippen molar-refractivity contribution in [3.63, 3.8) is 0 Å². The van der Waals surface area contributed by atoms with Gasteiger partial charge in [-0.3, -0.25) is 9.36 Å². The first-order valence-corrected chi connectivity index (χ1v) is 13.2. The van der Waals surface area contributed by atoms with E-state index in [1.165, 1.54) is 11.3 Å². The van der Waals surface area contributed by atoms with Gasteiger partial charge in [-0.05, 0) is 55.0 Å². The molecule has 0 bridgehead atoms. The van der Waals surface area contributed by atoms with Crippen LogP contribution in [0.2, 0.25) is 0 Å². The molecule has 3 aromatic carbocycles. The van der Waals surface area contributed by atoms with Gasteiger partial charge < -0.3 is 18.9 Å². The highest BCUT2D eigenvalue weighted by Crippen LogP contribution is 2.41. The molecule has 4 aromatic rings. The molecule has 39 heavy (non-hydrogen) atoms. The van der Waals surface area contributed by atoms with Crippen molar-refractivity contribution in [2.75, 3.05) is 27.9 Å². The number of benzene rings is 3. The van der Waals surface area contributed by atoms with E-state index in [2.05, 4.69) is 4.99 Å². The lowest BCUT2D eigenvalue weighted by Crippen LogP contribution is -2.40. The summed E-state index contributed by atoms with van der Waals surface area (Å²) in [6, 6.07) is 16.1. The van der Waals surface area contributed by atoms with Crippen LogP contribution < -0.4 is 29.1 Å². The molecule has 0 amide bonds. The van der Waals surface area contributed by atoms with E-state index in [9.17, 15) is 9.59 Å². The molecule has 1 aromatic heterocycles. The van der Waals surface area contributed by atoms with Crippen LogP contribution in [0.25, 0.3) is 16.8 Å². The Morgan fingerprint density at radius 1 is 1.03 bits per heavy atom. The molecule has 1 aliphatic rings. The Hall–Kier alpha value is -4.37. The highest BCUT2D eigenvalue weighted by atomic mass is 32.1. The molecule has 1 unspecified atom stereocenters. The van der Waals surface area contributed by atoms with E-state index in [-0.39, 0.29) is 17.7 Å². The fourth-order valence-electron chi connectivity index (χ4n) is 4.88. The average molecular weight is 545 g/mol. The summed E-state index contributed by atoms with van der Waals surface area (Å²) in [4.78, 5) is 32.7. The molecule has 1 aliphatic heterocycles. The Bertz CT molecular complexity index is 1800. The maximum Gasteiger partial charge on any atom is 0.338 e. The topological polar surface area (TPSA) is 88.4 Å². The zero-order valence-corrected chi connectivity index (χ0v) is 23.1. The van der Waals surface area contributed by atoms with Crippen LogP contribution in [0.3, 0.4) is 0 Å². The maximum atomic E-state index is 14.1. The normalized spacial score (nSPS) is 15.1. The number of allylic oxidation sites excluding steroid dienone is 1. The monoisotopic (exact) mass is 544 g/mol. The maximum absolute atomic E-state index is 14.1. The predicted molar refractivity (Wildman–Crippen MR) is 150 cm³/mol. The molecule has 0 radical (unpaired) electrons. The zero-order chi connectivity index (χ0) is 27.7. The fourth-order valence-corrected chi connectivity index (χ4v) is 5.92. The lowest BCUT2D eigenvalue weighted by molar-refractivity contribution is -0.139. The van der Waals surface area contributed by atoms with Crippen molar-refractivity contribution in [2.45, 2.75) is 19.9 Å². The fraction of sp³-hybridized carbons (Fsp3) is 0.233. The lowest BCUT2D eigenvalue weighted by Gasteiger charge is -2.27. The van der Waals surface area contributed by atoms with Gasteiger partial charge in [-0.1, -0.05) is 41.7 Å². The molecular formula is C30H28N2O6S. The summed E-state index contributed by atoms with van der Waals surface area (Å²) < 4.78 is 24.3. The van der Waals surface area contributed by atoms with Gasteiger partial charge in [-0.2, -0.15) is 0 Å². The van der Waals surface area contributed by atoms with Crippen molar-refractivity contribution in [2.24, 2.45) is 4.99 Å². The summed E-state index contributed by atoms with van der Waals surface area (Å²) in [5, 5.41) is 1.69. The smallest absolute Gasteiger partial charge is 0.338 e. The number of esters is 1. The summed E-state index contributed by atoms with van der Waals surface area (Å²) in [5.41, 5.74) is 1.88. The van der Waals surface area contributed by atoms with Gasteiger partial charge >= 0.3 is 5.97 Å². The number of aromatic nitrogens is 1. The van der Waals surface area contributed by atoms with Crippen LogP contribution in [0.15, 0.2) is 75.7 Å². The van der Waals surface area contributed by atoms with Crippen molar-refractivity contribution in [1.29, 1.82) is 0 Å². The Balaban J connectivity index is 1.87. The molecular weight excluding hydrogens is 516 g/mol. The van der Waals surface area contributed by atoms with E-state index in [1.54, 1.807) is 45.8 Å². The average Bonchev–Trinajstić information content (AvgIpc) is 3.25. The largest absolute Gasteiger partial charge is 0.497 e. The summed E-state index contributed by atoms with van der Waals surface area (Å²) in [6.45, 7) is 3.68. The SMILES string of the molecule is CCOC(=O)C1=C(C)N=c2s/c(=C\c3ccccc3OC)c(=O)n2C1c1c(OC)ccc2ccc(OC)cc12. The molecule has 0 N–H and O–H groups in total. The van der Waals surface area contributed by atoms with Gasteiger partial charge in [0.2, 0.25) is 0 Å². The summed E-state index contributed by atoms with van der Waals surface area (Å²) in [5.74, 6) is 1.27.